The third kappa shape index (κ3) is 8.71. The molecule has 1 amide bonds. The van der Waals surface area contributed by atoms with E-state index in [-0.39, 0.29) is 46.1 Å². The monoisotopic (exact) mass is 794 g/mol. The fourth-order valence-electron chi connectivity index (χ4n) is 7.71. The molecule has 3 fully saturated rings. The summed E-state index contributed by atoms with van der Waals surface area (Å²) in [5, 5.41) is 3.25. The zero-order valence-corrected chi connectivity index (χ0v) is 33.0. The average molecular weight is 795 g/mol. The molecule has 58 heavy (non-hydrogen) atoms. The molecule has 3 aliphatic rings. The molecule has 3 heterocycles. The van der Waals surface area contributed by atoms with Gasteiger partial charge in [0, 0.05) is 26.2 Å². The molecule has 7 rings (SSSR count). The predicted molar refractivity (Wildman–Crippen MR) is 209 cm³/mol. The summed E-state index contributed by atoms with van der Waals surface area (Å²) in [4.78, 5) is 44.7. The molecular weight excluding hydrogens is 744 g/mol. The van der Waals surface area contributed by atoms with Gasteiger partial charge in [0.2, 0.25) is 0 Å². The van der Waals surface area contributed by atoms with Crippen LogP contribution in [-0.2, 0) is 78.7 Å². The highest BCUT2D eigenvalue weighted by Crippen LogP contribution is 2.52. The van der Waals surface area contributed by atoms with Crippen molar-refractivity contribution in [1.82, 2.24) is 10.2 Å². The maximum Gasteiger partial charge on any atom is 0.420 e. The number of carbonyl (C=O) groups is 3. The fraction of sp³-hybridized carbons (Fsp3) is 0.400. The van der Waals surface area contributed by atoms with Crippen molar-refractivity contribution in [3.8, 4) is 0 Å². The Morgan fingerprint density at radius 1 is 0.707 bits per heavy atom. The molecule has 3 aliphatic heterocycles. The van der Waals surface area contributed by atoms with Crippen LogP contribution in [-0.4, -0.2) is 90.7 Å². The molecule has 306 valence electrons. The summed E-state index contributed by atoms with van der Waals surface area (Å²) in [6, 6.07) is 37.1. The molecule has 13 heteroatoms. The van der Waals surface area contributed by atoms with Crippen molar-refractivity contribution in [3.05, 3.63) is 144 Å². The van der Waals surface area contributed by atoms with Crippen LogP contribution in [0.25, 0.3) is 0 Å². The number of cyclic esters (lactones) is 2. The summed E-state index contributed by atoms with van der Waals surface area (Å²) in [6.45, 7) is 5.93. The Morgan fingerprint density at radius 2 is 1.19 bits per heavy atom. The van der Waals surface area contributed by atoms with E-state index in [9.17, 15) is 9.59 Å². The van der Waals surface area contributed by atoms with E-state index >= 15 is 4.79 Å². The molecule has 4 aromatic carbocycles. The Balaban J connectivity index is 1.46. The zero-order valence-electron chi connectivity index (χ0n) is 33.0. The molecule has 1 N–H and O–H groups in total. The largest absolute Gasteiger partial charge is 0.420 e. The lowest BCUT2D eigenvalue weighted by Gasteiger charge is -2.55. The molecule has 5 atom stereocenters. The van der Waals surface area contributed by atoms with Gasteiger partial charge in [0.25, 0.3) is 0 Å². The summed E-state index contributed by atoms with van der Waals surface area (Å²) in [7, 11) is 0. The van der Waals surface area contributed by atoms with Crippen LogP contribution in [0.5, 0.6) is 0 Å². The Bertz CT molecular complexity index is 1980. The number of nitrogens with one attached hydrogen (secondary N) is 1. The fourth-order valence-corrected chi connectivity index (χ4v) is 7.71. The van der Waals surface area contributed by atoms with Crippen LogP contribution in [0.15, 0.2) is 121 Å². The van der Waals surface area contributed by atoms with Gasteiger partial charge in [-0.2, -0.15) is 0 Å². The number of nitrogens with zero attached hydrogens (tertiary/aromatic N) is 1. The third-order valence-corrected chi connectivity index (χ3v) is 10.4. The van der Waals surface area contributed by atoms with E-state index in [2.05, 4.69) is 5.32 Å². The summed E-state index contributed by atoms with van der Waals surface area (Å²) in [6.07, 6.45) is -2.51. The number of ether oxygens (including phenoxy) is 8. The maximum absolute atomic E-state index is 15.5. The molecule has 3 saturated heterocycles. The van der Waals surface area contributed by atoms with Crippen LogP contribution in [0.3, 0.4) is 0 Å². The second-order valence-corrected chi connectivity index (χ2v) is 15.0. The topological polar surface area (TPSA) is 140 Å². The van der Waals surface area contributed by atoms with Crippen molar-refractivity contribution in [2.24, 2.45) is 0 Å². The van der Waals surface area contributed by atoms with E-state index < -0.39 is 53.0 Å². The van der Waals surface area contributed by atoms with Gasteiger partial charge in [0.05, 0.1) is 39.1 Å². The summed E-state index contributed by atoms with van der Waals surface area (Å²) < 4.78 is 53.1. The normalized spacial score (nSPS) is 26.1. The predicted octanol–water partition coefficient (Wildman–Crippen LogP) is 5.06. The molecule has 0 aliphatic carbocycles. The molecule has 0 aromatic heterocycles. The number of hydrogen-bond donors (Lipinski definition) is 1. The SMILES string of the molecule is C[C@H]1OC(C)(C)O[C@@]1(COCc1ccccc1)[C@H](OCc1ccccc1)[C@]1(OCc2ccccc2)OC(=O)C(=O)O[C@@]1(OCc1ccccc1)C(=O)N1CCNCC1. The van der Waals surface area contributed by atoms with Crippen molar-refractivity contribution in [2.75, 3.05) is 32.8 Å². The molecule has 0 saturated carbocycles. The summed E-state index contributed by atoms with van der Waals surface area (Å²) in [5.74, 6) is -10.4. The number of piperazine rings is 1. The van der Waals surface area contributed by atoms with Gasteiger partial charge in [0.15, 0.2) is 17.5 Å². The highest BCUT2D eigenvalue weighted by molar-refractivity contribution is 6.31. The number of esters is 2. The lowest BCUT2D eigenvalue weighted by atomic mass is 9.80. The molecule has 0 radical (unpaired) electrons. The minimum absolute atomic E-state index is 0.0962. The maximum atomic E-state index is 15.5. The van der Waals surface area contributed by atoms with Crippen LogP contribution in [0.4, 0.5) is 0 Å². The highest BCUT2D eigenvalue weighted by Gasteiger charge is 2.79. The first-order chi connectivity index (χ1) is 28.1. The van der Waals surface area contributed by atoms with Crippen molar-refractivity contribution in [2.45, 2.75) is 82.4 Å². The van der Waals surface area contributed by atoms with Gasteiger partial charge in [-0.3, -0.25) is 4.79 Å². The molecule has 0 bridgehead atoms. The molecule has 13 nitrogen and oxygen atoms in total. The Hall–Kier alpha value is -4.99. The quantitative estimate of drug-likeness (QED) is 0.120. The van der Waals surface area contributed by atoms with E-state index in [1.807, 2.05) is 109 Å². The number of rotatable bonds is 16. The van der Waals surface area contributed by atoms with Gasteiger partial charge in [-0.25, -0.2) is 9.59 Å². The number of carbonyl (C=O) groups excluding carboxylic acids is 3. The summed E-state index contributed by atoms with van der Waals surface area (Å²) >= 11 is 0. The van der Waals surface area contributed by atoms with E-state index in [0.29, 0.717) is 24.2 Å². The molecule has 4 aromatic rings. The van der Waals surface area contributed by atoms with Gasteiger partial charge in [-0.15, -0.1) is 0 Å². The third-order valence-electron chi connectivity index (χ3n) is 10.4. The highest BCUT2D eigenvalue weighted by atomic mass is 16.9. The van der Waals surface area contributed by atoms with Crippen molar-refractivity contribution in [3.63, 3.8) is 0 Å². The minimum Gasteiger partial charge on any atom is -0.414 e. The van der Waals surface area contributed by atoms with Crippen LogP contribution >= 0.6 is 0 Å². The summed E-state index contributed by atoms with van der Waals surface area (Å²) in [5.41, 5.74) is 1.18. The minimum atomic E-state index is -2.80. The Kier molecular flexibility index (Phi) is 12.7. The second-order valence-electron chi connectivity index (χ2n) is 15.0. The average Bonchev–Trinajstić information content (AvgIpc) is 3.49. The van der Waals surface area contributed by atoms with Gasteiger partial charge >= 0.3 is 29.4 Å². The van der Waals surface area contributed by atoms with Gasteiger partial charge in [-0.05, 0) is 43.0 Å². The van der Waals surface area contributed by atoms with Crippen LogP contribution in [0.1, 0.15) is 43.0 Å². The van der Waals surface area contributed by atoms with E-state index in [1.54, 1.807) is 32.9 Å². The van der Waals surface area contributed by atoms with E-state index in [1.165, 1.54) is 4.90 Å². The van der Waals surface area contributed by atoms with Gasteiger partial charge in [0.1, 0.15) is 0 Å². The first-order valence-electron chi connectivity index (χ1n) is 19.5. The van der Waals surface area contributed by atoms with Crippen LogP contribution in [0, 0.1) is 0 Å². The Labute approximate surface area is 338 Å². The molecule has 0 unspecified atom stereocenters. The first kappa shape index (κ1) is 41.2. The van der Waals surface area contributed by atoms with E-state index in [4.69, 9.17) is 37.9 Å². The number of amides is 1. The number of benzene rings is 4. The number of hydrogen-bond acceptors (Lipinski definition) is 12. The Morgan fingerprint density at radius 3 is 1.71 bits per heavy atom. The first-order valence-corrected chi connectivity index (χ1v) is 19.5. The second kappa shape index (κ2) is 17.9. The van der Waals surface area contributed by atoms with Crippen molar-refractivity contribution < 1.29 is 52.3 Å². The van der Waals surface area contributed by atoms with Gasteiger partial charge < -0.3 is 48.1 Å². The molecule has 0 spiro atoms. The lowest BCUT2D eigenvalue weighted by molar-refractivity contribution is -0.432. The smallest absolute Gasteiger partial charge is 0.414 e. The lowest BCUT2D eigenvalue weighted by Crippen LogP contribution is -2.81. The standard InChI is InChI=1S/C45H50N2O11/c1-33-43(58-42(2,3)55-33,32-51-28-34-16-8-4-9-17-34)40(52-29-35-18-10-5-11-19-35)44(53-30-36-20-12-6-13-21-36)45(57-39(49)38(48)56-44,41(50)47-26-24-46-25-27-47)54-31-37-22-14-7-15-23-37/h4-23,33,40,46H,24-32H2,1-3H3/t33-,40+,43-,44+,45+/m1/s1. The van der Waals surface area contributed by atoms with Gasteiger partial charge in [-0.1, -0.05) is 121 Å². The zero-order chi connectivity index (χ0) is 40.6. The molecular formula is C45H50N2O11. The van der Waals surface area contributed by atoms with Crippen LogP contribution < -0.4 is 5.32 Å². The van der Waals surface area contributed by atoms with Crippen LogP contribution in [0.2, 0.25) is 0 Å². The van der Waals surface area contributed by atoms with Crippen molar-refractivity contribution in [1.29, 1.82) is 0 Å². The van der Waals surface area contributed by atoms with Crippen molar-refractivity contribution >= 4 is 17.8 Å². The van der Waals surface area contributed by atoms with E-state index in [0.717, 1.165) is 11.1 Å².